The van der Waals surface area contributed by atoms with Gasteiger partial charge in [0.15, 0.2) is 0 Å². The number of hydrogen-bond acceptors (Lipinski definition) is 2. The number of urea groups is 1. The summed E-state index contributed by atoms with van der Waals surface area (Å²) in [5.74, 6) is -1.05. The van der Waals surface area contributed by atoms with Crippen molar-refractivity contribution >= 4 is 12.0 Å². The van der Waals surface area contributed by atoms with Crippen LogP contribution in [0.5, 0.6) is 0 Å². The highest BCUT2D eigenvalue weighted by molar-refractivity contribution is 5.74. The summed E-state index contributed by atoms with van der Waals surface area (Å²) in [6.07, 6.45) is -4.10. The van der Waals surface area contributed by atoms with Crippen LogP contribution in [-0.2, 0) is 4.79 Å². The standard InChI is InChI=1S/C11H19F3N2O3/c1-3-16(7-11(12,13)14)10(19)15-6-8(2)4-5-9(17)18/h8H,3-7H2,1-2H3,(H,15,19)(H,17,18). The van der Waals surface area contributed by atoms with Crippen molar-refractivity contribution in [3.8, 4) is 0 Å². The van der Waals surface area contributed by atoms with Crippen molar-refractivity contribution in [2.24, 2.45) is 5.92 Å². The number of carbonyl (C=O) groups is 2. The van der Waals surface area contributed by atoms with Crippen molar-refractivity contribution in [2.75, 3.05) is 19.6 Å². The zero-order valence-corrected chi connectivity index (χ0v) is 11.0. The summed E-state index contributed by atoms with van der Waals surface area (Å²) in [5, 5.41) is 10.8. The maximum absolute atomic E-state index is 12.2. The van der Waals surface area contributed by atoms with E-state index in [9.17, 15) is 22.8 Å². The first-order valence-electron chi connectivity index (χ1n) is 5.97. The van der Waals surface area contributed by atoms with Gasteiger partial charge in [-0.1, -0.05) is 6.92 Å². The highest BCUT2D eigenvalue weighted by atomic mass is 19.4. The monoisotopic (exact) mass is 284 g/mol. The Morgan fingerprint density at radius 1 is 1.37 bits per heavy atom. The van der Waals surface area contributed by atoms with Crippen LogP contribution in [0.1, 0.15) is 26.7 Å². The van der Waals surface area contributed by atoms with Crippen molar-refractivity contribution in [3.05, 3.63) is 0 Å². The first kappa shape index (κ1) is 17.5. The molecule has 2 amide bonds. The smallest absolute Gasteiger partial charge is 0.406 e. The summed E-state index contributed by atoms with van der Waals surface area (Å²) in [7, 11) is 0. The molecule has 1 unspecified atom stereocenters. The van der Waals surface area contributed by atoms with Crippen LogP contribution >= 0.6 is 0 Å². The van der Waals surface area contributed by atoms with Gasteiger partial charge >= 0.3 is 18.2 Å². The fourth-order valence-corrected chi connectivity index (χ4v) is 1.39. The second-order valence-electron chi connectivity index (χ2n) is 4.35. The molecule has 0 rings (SSSR count). The number of nitrogens with zero attached hydrogens (tertiary/aromatic N) is 1. The average molecular weight is 284 g/mol. The molecule has 8 heteroatoms. The van der Waals surface area contributed by atoms with E-state index in [2.05, 4.69) is 5.32 Å². The Balaban J connectivity index is 4.10. The van der Waals surface area contributed by atoms with Gasteiger partial charge in [-0.3, -0.25) is 4.79 Å². The SMILES string of the molecule is CCN(CC(F)(F)F)C(=O)NCC(C)CCC(=O)O. The normalized spacial score (nSPS) is 12.9. The van der Waals surface area contributed by atoms with Crippen LogP contribution in [-0.4, -0.2) is 47.8 Å². The first-order valence-corrected chi connectivity index (χ1v) is 5.97. The minimum absolute atomic E-state index is 0.0307. The van der Waals surface area contributed by atoms with Crippen molar-refractivity contribution in [3.63, 3.8) is 0 Å². The second kappa shape index (κ2) is 7.85. The van der Waals surface area contributed by atoms with Gasteiger partial charge in [0.05, 0.1) is 0 Å². The summed E-state index contributed by atoms with van der Waals surface area (Å²) >= 11 is 0. The maximum atomic E-state index is 12.2. The van der Waals surface area contributed by atoms with E-state index in [4.69, 9.17) is 5.11 Å². The number of nitrogens with one attached hydrogen (secondary N) is 1. The Bertz CT molecular complexity index is 308. The Labute approximate surface area is 109 Å². The van der Waals surface area contributed by atoms with Crippen LogP contribution in [0, 0.1) is 5.92 Å². The van der Waals surface area contributed by atoms with Crippen LogP contribution in [0.2, 0.25) is 0 Å². The molecule has 19 heavy (non-hydrogen) atoms. The molecule has 0 aromatic rings. The quantitative estimate of drug-likeness (QED) is 0.752. The number of rotatable bonds is 7. The number of amides is 2. The average Bonchev–Trinajstić information content (AvgIpc) is 2.29. The lowest BCUT2D eigenvalue weighted by atomic mass is 10.1. The van der Waals surface area contributed by atoms with E-state index in [0.29, 0.717) is 11.3 Å². The van der Waals surface area contributed by atoms with Gasteiger partial charge in [0, 0.05) is 19.5 Å². The lowest BCUT2D eigenvalue weighted by Gasteiger charge is -2.23. The van der Waals surface area contributed by atoms with Gasteiger partial charge in [-0.05, 0) is 19.3 Å². The summed E-state index contributed by atoms with van der Waals surface area (Å²) in [6.45, 7) is 2.00. The lowest BCUT2D eigenvalue weighted by Crippen LogP contribution is -2.45. The molecule has 0 saturated heterocycles. The second-order valence-corrected chi connectivity index (χ2v) is 4.35. The number of carbonyl (C=O) groups excluding carboxylic acids is 1. The molecule has 0 heterocycles. The van der Waals surface area contributed by atoms with Crippen LogP contribution < -0.4 is 5.32 Å². The van der Waals surface area contributed by atoms with E-state index in [1.807, 2.05) is 0 Å². The summed E-state index contributed by atoms with van der Waals surface area (Å²) in [4.78, 5) is 22.5. The predicted octanol–water partition coefficient (Wildman–Crippen LogP) is 2.08. The Hall–Kier alpha value is -1.47. The molecule has 112 valence electrons. The molecular weight excluding hydrogens is 265 g/mol. The van der Waals surface area contributed by atoms with Crippen LogP contribution in [0.15, 0.2) is 0 Å². The molecule has 0 bridgehead atoms. The molecule has 0 saturated carbocycles. The van der Waals surface area contributed by atoms with E-state index < -0.39 is 24.7 Å². The van der Waals surface area contributed by atoms with Crippen LogP contribution in [0.4, 0.5) is 18.0 Å². The van der Waals surface area contributed by atoms with Crippen molar-refractivity contribution in [2.45, 2.75) is 32.9 Å². The van der Waals surface area contributed by atoms with Gasteiger partial charge in [-0.25, -0.2) is 4.79 Å². The zero-order valence-electron chi connectivity index (χ0n) is 11.0. The number of aliphatic carboxylic acids is 1. The third-order valence-corrected chi connectivity index (χ3v) is 2.49. The number of carboxylic acid groups (broad SMARTS) is 1. The zero-order chi connectivity index (χ0) is 15.1. The molecule has 5 nitrogen and oxygen atoms in total. The van der Waals surface area contributed by atoms with E-state index in [-0.39, 0.29) is 25.4 Å². The van der Waals surface area contributed by atoms with E-state index in [0.717, 1.165) is 0 Å². The fraction of sp³-hybridized carbons (Fsp3) is 0.818. The van der Waals surface area contributed by atoms with E-state index in [1.165, 1.54) is 6.92 Å². The summed E-state index contributed by atoms with van der Waals surface area (Å²) in [6, 6.07) is -0.790. The Kier molecular flexibility index (Phi) is 7.25. The molecule has 0 radical (unpaired) electrons. The molecule has 1 atom stereocenters. The van der Waals surface area contributed by atoms with Crippen molar-refractivity contribution in [1.82, 2.24) is 10.2 Å². The third-order valence-electron chi connectivity index (χ3n) is 2.49. The highest BCUT2D eigenvalue weighted by Crippen LogP contribution is 2.16. The molecule has 2 N–H and O–H groups in total. The van der Waals surface area contributed by atoms with Gasteiger partial charge < -0.3 is 15.3 Å². The van der Waals surface area contributed by atoms with Crippen LogP contribution in [0.3, 0.4) is 0 Å². The molecule has 0 aromatic heterocycles. The number of hydrogen-bond donors (Lipinski definition) is 2. The Morgan fingerprint density at radius 3 is 2.37 bits per heavy atom. The van der Waals surface area contributed by atoms with Gasteiger partial charge in [0.25, 0.3) is 0 Å². The molecule has 0 aliphatic carbocycles. The predicted molar refractivity (Wildman–Crippen MR) is 62.7 cm³/mol. The van der Waals surface area contributed by atoms with Gasteiger partial charge in [0.1, 0.15) is 6.54 Å². The molecular formula is C11H19F3N2O3. The molecule has 0 aromatic carbocycles. The van der Waals surface area contributed by atoms with E-state index >= 15 is 0 Å². The van der Waals surface area contributed by atoms with Crippen molar-refractivity contribution in [1.29, 1.82) is 0 Å². The molecule has 0 fully saturated rings. The summed E-state index contributed by atoms with van der Waals surface area (Å²) in [5.41, 5.74) is 0. The van der Waals surface area contributed by atoms with Gasteiger partial charge in [0.2, 0.25) is 0 Å². The van der Waals surface area contributed by atoms with Crippen LogP contribution in [0.25, 0.3) is 0 Å². The third kappa shape index (κ3) is 9.15. The molecule has 0 aliphatic heterocycles. The minimum Gasteiger partial charge on any atom is -0.481 e. The van der Waals surface area contributed by atoms with Gasteiger partial charge in [-0.15, -0.1) is 0 Å². The van der Waals surface area contributed by atoms with Crippen molar-refractivity contribution < 1.29 is 27.9 Å². The van der Waals surface area contributed by atoms with E-state index in [1.54, 1.807) is 6.92 Å². The topological polar surface area (TPSA) is 69.6 Å². The fourth-order valence-electron chi connectivity index (χ4n) is 1.39. The summed E-state index contributed by atoms with van der Waals surface area (Å²) < 4.78 is 36.5. The lowest BCUT2D eigenvalue weighted by molar-refractivity contribution is -0.140. The van der Waals surface area contributed by atoms with Gasteiger partial charge in [-0.2, -0.15) is 13.2 Å². The molecule has 0 aliphatic rings. The molecule has 0 spiro atoms. The number of halogens is 3. The minimum atomic E-state index is -4.43. The maximum Gasteiger partial charge on any atom is 0.406 e. The Morgan fingerprint density at radius 2 is 1.95 bits per heavy atom. The number of carboxylic acids is 1. The first-order chi connectivity index (χ1) is 8.65. The largest absolute Gasteiger partial charge is 0.481 e. The number of alkyl halides is 3. The highest BCUT2D eigenvalue weighted by Gasteiger charge is 2.32.